The van der Waals surface area contributed by atoms with E-state index in [1.807, 2.05) is 42.5 Å². The van der Waals surface area contributed by atoms with Gasteiger partial charge in [0.1, 0.15) is 0 Å². The lowest BCUT2D eigenvalue weighted by Gasteiger charge is -2.07. The molecule has 0 unspecified atom stereocenters. The molecule has 4 aromatic rings. The Labute approximate surface area is 180 Å². The third-order valence-electron chi connectivity index (χ3n) is 4.79. The van der Waals surface area contributed by atoms with E-state index >= 15 is 0 Å². The summed E-state index contributed by atoms with van der Waals surface area (Å²) in [6.07, 6.45) is 2.01. The number of fused-ring (bicyclic) bond motifs is 1. The van der Waals surface area contributed by atoms with E-state index in [1.54, 1.807) is 48.7 Å². The highest BCUT2D eigenvalue weighted by Gasteiger charge is 2.23. The SMILES string of the molecule is NC(N)=NN=C(Cc1ccccc1)c1cn(S(=O)(=O)c2ccccc2)c2ccccc12. The standard InChI is InChI=1S/C23H21N5O2S/c24-23(25)27-26-21(15-17-9-3-1-4-10-17)20-16-28(22-14-8-7-13-19(20)22)31(29,30)18-11-5-2-6-12-18/h1-14,16H,15H2,(H4,24,25,27). The Balaban J connectivity index is 1.92. The molecule has 0 spiro atoms. The normalized spacial score (nSPS) is 12.1. The summed E-state index contributed by atoms with van der Waals surface area (Å²) in [5.41, 5.74) is 13.7. The van der Waals surface area contributed by atoms with Crippen molar-refractivity contribution in [2.24, 2.45) is 21.7 Å². The molecule has 0 bridgehead atoms. The summed E-state index contributed by atoms with van der Waals surface area (Å²) in [6, 6.07) is 25.3. The Morgan fingerprint density at radius 3 is 2.10 bits per heavy atom. The Morgan fingerprint density at radius 1 is 0.806 bits per heavy atom. The fourth-order valence-corrected chi connectivity index (χ4v) is 4.77. The van der Waals surface area contributed by atoms with Crippen LogP contribution in [0.2, 0.25) is 0 Å². The van der Waals surface area contributed by atoms with E-state index in [-0.39, 0.29) is 10.9 Å². The van der Waals surface area contributed by atoms with Crippen molar-refractivity contribution < 1.29 is 8.42 Å². The van der Waals surface area contributed by atoms with Crippen LogP contribution in [0.1, 0.15) is 11.1 Å². The summed E-state index contributed by atoms with van der Waals surface area (Å²) in [5, 5.41) is 8.83. The fraction of sp³-hybridized carbons (Fsp3) is 0.0435. The molecule has 156 valence electrons. The highest BCUT2D eigenvalue weighted by Crippen LogP contribution is 2.27. The molecular formula is C23H21N5O2S. The van der Waals surface area contributed by atoms with Gasteiger partial charge in [0.05, 0.1) is 16.1 Å². The largest absolute Gasteiger partial charge is 0.369 e. The maximum Gasteiger partial charge on any atom is 0.268 e. The summed E-state index contributed by atoms with van der Waals surface area (Å²) in [7, 11) is -3.81. The number of hydrogen-bond donors (Lipinski definition) is 2. The highest BCUT2D eigenvalue weighted by atomic mass is 32.2. The Morgan fingerprint density at radius 2 is 1.42 bits per heavy atom. The van der Waals surface area contributed by atoms with Gasteiger partial charge in [0.15, 0.2) is 0 Å². The Kier molecular flexibility index (Phi) is 5.55. The predicted octanol–water partition coefficient (Wildman–Crippen LogP) is 3.10. The van der Waals surface area contributed by atoms with Crippen molar-refractivity contribution in [2.45, 2.75) is 11.3 Å². The van der Waals surface area contributed by atoms with Crippen molar-refractivity contribution in [1.82, 2.24) is 3.97 Å². The second-order valence-corrected chi connectivity index (χ2v) is 8.72. The van der Waals surface area contributed by atoms with Crippen LogP contribution in [0, 0.1) is 0 Å². The lowest BCUT2D eigenvalue weighted by Crippen LogP contribution is -2.22. The number of guanidine groups is 1. The second-order valence-electron chi connectivity index (χ2n) is 6.91. The van der Waals surface area contributed by atoms with Crippen LogP contribution < -0.4 is 11.5 Å². The van der Waals surface area contributed by atoms with Gasteiger partial charge >= 0.3 is 0 Å². The number of aromatic nitrogens is 1. The van der Waals surface area contributed by atoms with E-state index in [0.29, 0.717) is 23.2 Å². The van der Waals surface area contributed by atoms with Gasteiger partial charge in [0.2, 0.25) is 5.96 Å². The van der Waals surface area contributed by atoms with E-state index in [0.717, 1.165) is 10.9 Å². The number of benzene rings is 3. The molecule has 1 heterocycles. The molecule has 0 radical (unpaired) electrons. The maximum atomic E-state index is 13.4. The Bertz CT molecular complexity index is 1370. The molecule has 7 nitrogen and oxygen atoms in total. The van der Waals surface area contributed by atoms with Crippen LogP contribution in [0.5, 0.6) is 0 Å². The number of nitrogens with two attached hydrogens (primary N) is 2. The monoisotopic (exact) mass is 431 g/mol. The van der Waals surface area contributed by atoms with Crippen molar-refractivity contribution in [3.05, 3.63) is 102 Å². The van der Waals surface area contributed by atoms with Gasteiger partial charge in [-0.3, -0.25) is 0 Å². The first kappa shape index (κ1) is 20.4. The van der Waals surface area contributed by atoms with Crippen LogP contribution in [0.15, 0.2) is 106 Å². The highest BCUT2D eigenvalue weighted by molar-refractivity contribution is 7.90. The Hall–Kier alpha value is -3.91. The number of rotatable bonds is 6. The molecule has 4 rings (SSSR count). The first-order chi connectivity index (χ1) is 15.0. The van der Waals surface area contributed by atoms with E-state index in [1.165, 1.54) is 3.97 Å². The molecular weight excluding hydrogens is 410 g/mol. The zero-order valence-corrected chi connectivity index (χ0v) is 17.4. The first-order valence-corrected chi connectivity index (χ1v) is 11.0. The van der Waals surface area contributed by atoms with Crippen molar-refractivity contribution in [1.29, 1.82) is 0 Å². The summed E-state index contributed by atoms with van der Waals surface area (Å²) in [5.74, 6) is -0.175. The molecule has 0 saturated carbocycles. The smallest absolute Gasteiger partial charge is 0.268 e. The molecule has 0 aliphatic heterocycles. The molecule has 0 aliphatic carbocycles. The summed E-state index contributed by atoms with van der Waals surface area (Å²) < 4.78 is 28.0. The van der Waals surface area contributed by atoms with Crippen molar-refractivity contribution >= 4 is 32.6 Å². The summed E-state index contributed by atoms with van der Waals surface area (Å²) >= 11 is 0. The van der Waals surface area contributed by atoms with E-state index < -0.39 is 10.0 Å². The maximum absolute atomic E-state index is 13.4. The van der Waals surface area contributed by atoms with Gasteiger partial charge in [-0.15, -0.1) is 5.10 Å². The van der Waals surface area contributed by atoms with Gasteiger partial charge in [-0.05, 0) is 23.8 Å². The molecule has 0 atom stereocenters. The number of para-hydroxylation sites is 1. The number of hydrogen-bond acceptors (Lipinski definition) is 4. The molecule has 8 heteroatoms. The van der Waals surface area contributed by atoms with Gasteiger partial charge in [0.25, 0.3) is 10.0 Å². The van der Waals surface area contributed by atoms with Gasteiger partial charge in [-0.2, -0.15) is 5.10 Å². The quantitative estimate of drug-likeness (QED) is 0.277. The van der Waals surface area contributed by atoms with Crippen molar-refractivity contribution in [3.63, 3.8) is 0 Å². The molecule has 1 aromatic heterocycles. The lowest BCUT2D eigenvalue weighted by molar-refractivity contribution is 0.589. The molecule has 3 aromatic carbocycles. The third kappa shape index (κ3) is 4.19. The predicted molar refractivity (Wildman–Crippen MR) is 123 cm³/mol. The van der Waals surface area contributed by atoms with E-state index in [9.17, 15) is 8.42 Å². The van der Waals surface area contributed by atoms with Gasteiger partial charge in [-0.1, -0.05) is 66.7 Å². The average Bonchev–Trinajstić information content (AvgIpc) is 3.18. The van der Waals surface area contributed by atoms with Crippen LogP contribution in [0.25, 0.3) is 10.9 Å². The molecule has 4 N–H and O–H groups in total. The van der Waals surface area contributed by atoms with Crippen LogP contribution in [-0.2, 0) is 16.4 Å². The molecule has 31 heavy (non-hydrogen) atoms. The summed E-state index contributed by atoms with van der Waals surface area (Å²) in [4.78, 5) is 0.202. The van der Waals surface area contributed by atoms with E-state index in [2.05, 4.69) is 10.2 Å². The molecule has 0 fully saturated rings. The minimum atomic E-state index is -3.81. The van der Waals surface area contributed by atoms with Crippen LogP contribution in [-0.4, -0.2) is 24.1 Å². The summed E-state index contributed by atoms with van der Waals surface area (Å²) in [6.45, 7) is 0. The van der Waals surface area contributed by atoms with Crippen molar-refractivity contribution in [2.75, 3.05) is 0 Å². The second kappa shape index (κ2) is 8.45. The minimum Gasteiger partial charge on any atom is -0.369 e. The number of nitrogens with zero attached hydrogens (tertiary/aromatic N) is 3. The van der Waals surface area contributed by atoms with E-state index in [4.69, 9.17) is 11.5 Å². The minimum absolute atomic E-state index is 0.175. The first-order valence-electron chi connectivity index (χ1n) is 9.57. The van der Waals surface area contributed by atoms with Gasteiger partial charge < -0.3 is 11.5 Å². The van der Waals surface area contributed by atoms with Crippen molar-refractivity contribution in [3.8, 4) is 0 Å². The van der Waals surface area contributed by atoms with Crippen LogP contribution >= 0.6 is 0 Å². The van der Waals surface area contributed by atoms with Crippen LogP contribution in [0.3, 0.4) is 0 Å². The lowest BCUT2D eigenvalue weighted by atomic mass is 10.0. The third-order valence-corrected chi connectivity index (χ3v) is 6.48. The zero-order chi connectivity index (χ0) is 21.8. The van der Waals surface area contributed by atoms with Crippen LogP contribution in [0.4, 0.5) is 0 Å². The topological polar surface area (TPSA) is 116 Å². The van der Waals surface area contributed by atoms with Gasteiger partial charge in [0, 0.05) is 23.6 Å². The molecule has 0 aliphatic rings. The van der Waals surface area contributed by atoms with Gasteiger partial charge in [-0.25, -0.2) is 12.4 Å². The molecule has 0 amide bonds. The zero-order valence-electron chi connectivity index (χ0n) is 16.6. The molecule has 0 saturated heterocycles. The fourth-order valence-electron chi connectivity index (χ4n) is 3.38. The average molecular weight is 432 g/mol.